The van der Waals surface area contributed by atoms with E-state index in [0.717, 1.165) is 11.8 Å². The van der Waals surface area contributed by atoms with E-state index in [2.05, 4.69) is 39.5 Å². The first-order valence-electron chi connectivity index (χ1n) is 12.3. The molecule has 0 aliphatic heterocycles. The SMILES string of the molecule is CCCCCCCCCN(CCCCCC(C)C)CCCCCC(C)C. The second-order valence-corrected chi connectivity index (χ2v) is 9.45. The van der Waals surface area contributed by atoms with Gasteiger partial charge in [-0.1, -0.05) is 112 Å². The van der Waals surface area contributed by atoms with Crippen LogP contribution in [0.2, 0.25) is 0 Å². The van der Waals surface area contributed by atoms with Crippen molar-refractivity contribution < 1.29 is 0 Å². The highest BCUT2D eigenvalue weighted by Crippen LogP contribution is 2.13. The molecule has 1 nitrogen and oxygen atoms in total. The molecule has 0 spiro atoms. The third-order valence-corrected chi connectivity index (χ3v) is 5.59. The maximum Gasteiger partial charge on any atom is -0.00187 e. The molecule has 0 saturated heterocycles. The van der Waals surface area contributed by atoms with Gasteiger partial charge < -0.3 is 4.90 Å². The molecule has 0 bridgehead atoms. The van der Waals surface area contributed by atoms with Gasteiger partial charge >= 0.3 is 0 Å². The van der Waals surface area contributed by atoms with Crippen LogP contribution in [0.3, 0.4) is 0 Å². The van der Waals surface area contributed by atoms with Crippen molar-refractivity contribution in [1.82, 2.24) is 4.90 Å². The summed E-state index contributed by atoms with van der Waals surface area (Å²) >= 11 is 0. The van der Waals surface area contributed by atoms with Crippen molar-refractivity contribution in [2.24, 2.45) is 11.8 Å². The molecule has 0 aromatic heterocycles. The van der Waals surface area contributed by atoms with Gasteiger partial charge in [-0.2, -0.15) is 0 Å². The molecule has 0 aliphatic carbocycles. The zero-order valence-corrected chi connectivity index (χ0v) is 19.3. The van der Waals surface area contributed by atoms with Crippen LogP contribution in [0.1, 0.15) is 131 Å². The fourth-order valence-electron chi connectivity index (χ4n) is 3.76. The normalized spacial score (nSPS) is 12.0. The summed E-state index contributed by atoms with van der Waals surface area (Å²) < 4.78 is 0. The molecular formula is C25H53N. The van der Waals surface area contributed by atoms with Gasteiger partial charge in [-0.05, 0) is 50.7 Å². The third-order valence-electron chi connectivity index (χ3n) is 5.59. The molecule has 0 N–H and O–H groups in total. The van der Waals surface area contributed by atoms with E-state index in [1.807, 2.05) is 0 Å². The van der Waals surface area contributed by atoms with Crippen LogP contribution in [0.25, 0.3) is 0 Å². The highest BCUT2D eigenvalue weighted by Gasteiger charge is 2.05. The van der Waals surface area contributed by atoms with E-state index in [1.165, 1.54) is 116 Å². The second kappa shape index (κ2) is 19.7. The van der Waals surface area contributed by atoms with Crippen LogP contribution < -0.4 is 0 Å². The predicted octanol–water partition coefficient (Wildman–Crippen LogP) is 8.47. The van der Waals surface area contributed by atoms with E-state index in [4.69, 9.17) is 0 Å². The number of unbranched alkanes of at least 4 members (excludes halogenated alkanes) is 10. The molecule has 0 heterocycles. The predicted molar refractivity (Wildman–Crippen MR) is 121 cm³/mol. The van der Waals surface area contributed by atoms with Crippen LogP contribution in [-0.4, -0.2) is 24.5 Å². The van der Waals surface area contributed by atoms with Crippen molar-refractivity contribution in [3.63, 3.8) is 0 Å². The lowest BCUT2D eigenvalue weighted by Gasteiger charge is -2.22. The minimum atomic E-state index is 0.875. The van der Waals surface area contributed by atoms with Crippen molar-refractivity contribution in [2.45, 2.75) is 131 Å². The lowest BCUT2D eigenvalue weighted by molar-refractivity contribution is 0.253. The zero-order valence-electron chi connectivity index (χ0n) is 19.3. The van der Waals surface area contributed by atoms with E-state index < -0.39 is 0 Å². The minimum Gasteiger partial charge on any atom is -0.303 e. The largest absolute Gasteiger partial charge is 0.303 e. The fourth-order valence-corrected chi connectivity index (χ4v) is 3.76. The van der Waals surface area contributed by atoms with Crippen molar-refractivity contribution in [3.8, 4) is 0 Å². The van der Waals surface area contributed by atoms with Gasteiger partial charge in [0, 0.05) is 0 Å². The number of nitrogens with zero attached hydrogens (tertiary/aromatic N) is 1. The molecule has 0 rings (SSSR count). The van der Waals surface area contributed by atoms with Crippen molar-refractivity contribution in [3.05, 3.63) is 0 Å². The van der Waals surface area contributed by atoms with Gasteiger partial charge in [0.15, 0.2) is 0 Å². The quantitative estimate of drug-likeness (QED) is 0.195. The van der Waals surface area contributed by atoms with Crippen LogP contribution >= 0.6 is 0 Å². The molecule has 0 aromatic carbocycles. The topological polar surface area (TPSA) is 3.24 Å². The Hall–Kier alpha value is -0.0400. The highest BCUT2D eigenvalue weighted by molar-refractivity contribution is 4.61. The Balaban J connectivity index is 3.84. The van der Waals surface area contributed by atoms with Crippen LogP contribution in [0.15, 0.2) is 0 Å². The third kappa shape index (κ3) is 20.3. The lowest BCUT2D eigenvalue weighted by Crippen LogP contribution is -2.27. The maximum absolute atomic E-state index is 2.79. The zero-order chi connectivity index (χ0) is 19.5. The number of rotatable bonds is 20. The van der Waals surface area contributed by atoms with Gasteiger partial charge in [-0.15, -0.1) is 0 Å². The lowest BCUT2D eigenvalue weighted by atomic mass is 10.0. The van der Waals surface area contributed by atoms with Crippen molar-refractivity contribution in [2.75, 3.05) is 19.6 Å². The van der Waals surface area contributed by atoms with Crippen molar-refractivity contribution >= 4 is 0 Å². The minimum absolute atomic E-state index is 0.875. The number of hydrogen-bond acceptors (Lipinski definition) is 1. The smallest absolute Gasteiger partial charge is 0.00187 e. The van der Waals surface area contributed by atoms with Gasteiger partial charge in [0.25, 0.3) is 0 Å². The molecule has 0 aliphatic rings. The molecule has 0 fully saturated rings. The van der Waals surface area contributed by atoms with E-state index in [0.29, 0.717) is 0 Å². The van der Waals surface area contributed by atoms with Gasteiger partial charge in [-0.25, -0.2) is 0 Å². The first-order valence-corrected chi connectivity index (χ1v) is 12.3. The molecule has 0 radical (unpaired) electrons. The fraction of sp³-hybridized carbons (Fsp3) is 1.00. The first-order chi connectivity index (χ1) is 12.6. The average molecular weight is 368 g/mol. The summed E-state index contributed by atoms with van der Waals surface area (Å²) in [6.07, 6.45) is 21.4. The summed E-state index contributed by atoms with van der Waals surface area (Å²) in [5.74, 6) is 1.75. The van der Waals surface area contributed by atoms with Crippen LogP contribution in [-0.2, 0) is 0 Å². The summed E-state index contributed by atoms with van der Waals surface area (Å²) in [6, 6.07) is 0. The molecule has 0 unspecified atom stereocenters. The molecule has 1 heteroatoms. The summed E-state index contributed by atoms with van der Waals surface area (Å²) in [5, 5.41) is 0. The Kier molecular flexibility index (Phi) is 19.7. The monoisotopic (exact) mass is 367 g/mol. The molecule has 0 amide bonds. The van der Waals surface area contributed by atoms with Gasteiger partial charge in [-0.3, -0.25) is 0 Å². The van der Waals surface area contributed by atoms with Gasteiger partial charge in [0.2, 0.25) is 0 Å². The van der Waals surface area contributed by atoms with E-state index in [9.17, 15) is 0 Å². The Morgan fingerprint density at radius 2 is 0.808 bits per heavy atom. The van der Waals surface area contributed by atoms with Gasteiger partial charge in [0.1, 0.15) is 0 Å². The summed E-state index contributed by atoms with van der Waals surface area (Å²) in [4.78, 5) is 2.79. The van der Waals surface area contributed by atoms with E-state index >= 15 is 0 Å². The Labute approximate surface area is 167 Å². The number of hydrogen-bond donors (Lipinski definition) is 0. The molecule has 0 aromatic rings. The molecular weight excluding hydrogens is 314 g/mol. The van der Waals surface area contributed by atoms with E-state index in [-0.39, 0.29) is 0 Å². The summed E-state index contributed by atoms with van der Waals surface area (Å²) in [7, 11) is 0. The van der Waals surface area contributed by atoms with Gasteiger partial charge in [0.05, 0.1) is 0 Å². The highest BCUT2D eigenvalue weighted by atomic mass is 15.1. The Morgan fingerprint density at radius 1 is 0.462 bits per heavy atom. The second-order valence-electron chi connectivity index (χ2n) is 9.45. The maximum atomic E-state index is 2.79. The van der Waals surface area contributed by atoms with Crippen molar-refractivity contribution in [1.29, 1.82) is 0 Å². The summed E-state index contributed by atoms with van der Waals surface area (Å²) in [6.45, 7) is 15.8. The van der Waals surface area contributed by atoms with E-state index in [1.54, 1.807) is 0 Å². The Bertz CT molecular complexity index is 241. The molecule has 158 valence electrons. The van der Waals surface area contributed by atoms with Crippen LogP contribution in [0.4, 0.5) is 0 Å². The molecule has 0 atom stereocenters. The standard InChI is InChI=1S/C25H53N/c1-6-7-8-9-10-11-16-21-26(22-17-12-14-19-24(2)3)23-18-13-15-20-25(4)5/h24-25H,6-23H2,1-5H3. The molecule has 0 saturated carbocycles. The first kappa shape index (κ1) is 26.0. The van der Waals surface area contributed by atoms with Crippen LogP contribution in [0, 0.1) is 11.8 Å². The molecule has 26 heavy (non-hydrogen) atoms. The Morgan fingerprint density at radius 3 is 1.19 bits per heavy atom. The summed E-state index contributed by atoms with van der Waals surface area (Å²) in [5.41, 5.74) is 0. The van der Waals surface area contributed by atoms with Crippen LogP contribution in [0.5, 0.6) is 0 Å². The average Bonchev–Trinajstić information content (AvgIpc) is 2.59.